The summed E-state index contributed by atoms with van der Waals surface area (Å²) in [6.07, 6.45) is 5.75. The average Bonchev–Trinajstić information content (AvgIpc) is 2.85. The van der Waals surface area contributed by atoms with Crippen LogP contribution < -0.4 is 11.1 Å². The Morgan fingerprint density at radius 3 is 2.42 bits per heavy atom. The molecule has 2 rings (SSSR count). The van der Waals surface area contributed by atoms with Crippen LogP contribution in [0.1, 0.15) is 53.5 Å². The molecule has 1 aliphatic rings. The lowest BCUT2D eigenvalue weighted by Crippen LogP contribution is -2.35. The molecule has 38 heavy (non-hydrogen) atoms. The fourth-order valence-electron chi connectivity index (χ4n) is 4.75. The number of benzene rings is 1. The van der Waals surface area contributed by atoms with Gasteiger partial charge in [-0.25, -0.2) is 0 Å². The van der Waals surface area contributed by atoms with Gasteiger partial charge in [0.1, 0.15) is 17.6 Å². The van der Waals surface area contributed by atoms with E-state index in [0.29, 0.717) is 17.6 Å². The number of ether oxygens (including phenoxy) is 2. The predicted octanol–water partition coefficient (Wildman–Crippen LogP) is 4.23. The number of nitrogens with one attached hydrogen (secondary N) is 1. The molecule has 1 aliphatic heterocycles. The lowest BCUT2D eigenvalue weighted by atomic mass is 9.87. The summed E-state index contributed by atoms with van der Waals surface area (Å²) in [5.74, 6) is -2.04. The van der Waals surface area contributed by atoms with Crippen LogP contribution in [0.15, 0.2) is 41.5 Å². The van der Waals surface area contributed by atoms with Crippen molar-refractivity contribution in [3.63, 3.8) is 0 Å². The van der Waals surface area contributed by atoms with E-state index in [9.17, 15) is 24.9 Å². The van der Waals surface area contributed by atoms with Gasteiger partial charge in [0.25, 0.3) is 5.91 Å². The summed E-state index contributed by atoms with van der Waals surface area (Å²) in [7, 11) is 1.52. The maximum atomic E-state index is 12.8. The van der Waals surface area contributed by atoms with E-state index in [2.05, 4.69) is 5.32 Å². The van der Waals surface area contributed by atoms with Crippen molar-refractivity contribution in [2.45, 2.75) is 72.7 Å². The Balaban J connectivity index is 2.59. The summed E-state index contributed by atoms with van der Waals surface area (Å²) >= 11 is 0. The number of hydrogen-bond donors (Lipinski definition) is 5. The van der Waals surface area contributed by atoms with E-state index in [4.69, 9.17) is 15.2 Å². The number of hydrogen-bond acceptors (Lipinski definition) is 8. The normalized spacial score (nSPS) is 31.3. The summed E-state index contributed by atoms with van der Waals surface area (Å²) in [5.41, 5.74) is 7.59. The van der Waals surface area contributed by atoms with Crippen LogP contribution >= 0.6 is 0 Å². The van der Waals surface area contributed by atoms with Crippen molar-refractivity contribution in [3.8, 4) is 11.5 Å². The number of rotatable bonds is 2. The van der Waals surface area contributed by atoms with Gasteiger partial charge in [-0.1, -0.05) is 45.1 Å². The monoisotopic (exact) mass is 530 g/mol. The van der Waals surface area contributed by atoms with E-state index in [1.54, 1.807) is 19.1 Å². The minimum Gasteiger partial charge on any atom is -0.506 e. The van der Waals surface area contributed by atoms with Gasteiger partial charge in [0.05, 0.1) is 23.6 Å². The van der Waals surface area contributed by atoms with Gasteiger partial charge in [0.15, 0.2) is 0 Å². The Morgan fingerprint density at radius 1 is 1.16 bits per heavy atom. The van der Waals surface area contributed by atoms with Crippen LogP contribution in [-0.2, 0) is 25.5 Å². The number of aliphatic hydroxyl groups is 1. The van der Waals surface area contributed by atoms with Crippen LogP contribution in [0.25, 0.3) is 0 Å². The quantitative estimate of drug-likeness (QED) is 0.125. The van der Waals surface area contributed by atoms with Crippen molar-refractivity contribution in [3.05, 3.63) is 47.1 Å². The summed E-state index contributed by atoms with van der Waals surface area (Å²) in [5, 5.41) is 35.1. The summed E-state index contributed by atoms with van der Waals surface area (Å²) in [4.78, 5) is 24.6. The molecule has 1 amide bonds. The summed E-state index contributed by atoms with van der Waals surface area (Å²) < 4.78 is 11.2. The fraction of sp³-hybridized carbons (Fsp3) is 0.517. The molecule has 0 fully saturated rings. The number of anilines is 2. The highest BCUT2D eigenvalue weighted by Gasteiger charge is 2.29. The summed E-state index contributed by atoms with van der Waals surface area (Å²) in [6.45, 7) is 10.5. The van der Waals surface area contributed by atoms with Gasteiger partial charge in [-0.15, -0.1) is 0 Å². The number of methoxy groups -OCH3 is 1. The number of allylic oxidation sites excluding steroid dienone is 2. The molecule has 9 heteroatoms. The Hall–Kier alpha value is -3.30. The van der Waals surface area contributed by atoms with Gasteiger partial charge in [0.2, 0.25) is 0 Å². The lowest BCUT2D eigenvalue weighted by Gasteiger charge is -2.29. The first kappa shape index (κ1) is 30.9. The largest absolute Gasteiger partial charge is 0.506 e. The maximum absolute atomic E-state index is 12.8. The second-order valence-corrected chi connectivity index (χ2v) is 10.3. The van der Waals surface area contributed by atoms with Crippen LogP contribution in [-0.4, -0.2) is 52.6 Å². The molecule has 1 heterocycles. The molecule has 0 saturated heterocycles. The third-order valence-electron chi connectivity index (χ3n) is 6.95. The lowest BCUT2D eigenvalue weighted by molar-refractivity contribution is -0.146. The van der Waals surface area contributed by atoms with E-state index >= 15 is 0 Å². The van der Waals surface area contributed by atoms with Gasteiger partial charge in [0, 0.05) is 43.1 Å². The zero-order chi connectivity index (χ0) is 28.7. The molecule has 0 unspecified atom stereocenters. The Labute approximate surface area is 225 Å². The molecule has 6 atom stereocenters. The Morgan fingerprint density at radius 2 is 1.82 bits per heavy atom. The fourth-order valence-corrected chi connectivity index (χ4v) is 4.75. The molecule has 0 aliphatic carbocycles. The van der Waals surface area contributed by atoms with E-state index < -0.39 is 30.2 Å². The predicted molar refractivity (Wildman–Crippen MR) is 148 cm³/mol. The van der Waals surface area contributed by atoms with Gasteiger partial charge in [-0.2, -0.15) is 0 Å². The van der Waals surface area contributed by atoms with Crippen molar-refractivity contribution in [1.82, 2.24) is 0 Å². The molecule has 6 N–H and O–H groups in total. The number of phenolic OH excluding ortho intramolecular Hbond substituents is 2. The first-order valence-electron chi connectivity index (χ1n) is 12.8. The van der Waals surface area contributed by atoms with Crippen LogP contribution in [0, 0.1) is 17.8 Å². The number of nitrogen functional groups attached to an aromatic ring is 1. The minimum absolute atomic E-state index is 0.0281. The Bertz CT molecular complexity index is 1110. The molecular weight excluding hydrogens is 488 g/mol. The van der Waals surface area contributed by atoms with Crippen molar-refractivity contribution in [2.24, 2.45) is 17.8 Å². The third kappa shape index (κ3) is 7.85. The van der Waals surface area contributed by atoms with E-state index in [1.807, 2.05) is 39.8 Å². The van der Waals surface area contributed by atoms with Crippen LogP contribution in [0.5, 0.6) is 11.5 Å². The van der Waals surface area contributed by atoms with Gasteiger partial charge in [-0.05, 0) is 38.2 Å². The SMILES string of the molecule is CO[C@@H]1C[C@H](C)Cc2c(N)c(O)cc(c2O)NC(=O)/C(C)=C/C=C\[C@H](C)[C@@H](OC(C)=O)/C(C)=C/[C@H](C)[C@H]1O. The minimum atomic E-state index is -0.862. The highest BCUT2D eigenvalue weighted by atomic mass is 16.5. The molecule has 1 aromatic carbocycles. The molecule has 1 aromatic rings. The number of esters is 1. The highest BCUT2D eigenvalue weighted by molar-refractivity contribution is 6.04. The molecule has 0 saturated carbocycles. The molecule has 210 valence electrons. The topological polar surface area (TPSA) is 151 Å². The van der Waals surface area contributed by atoms with Crippen LogP contribution in [0.2, 0.25) is 0 Å². The molecule has 0 radical (unpaired) electrons. The van der Waals surface area contributed by atoms with Crippen molar-refractivity contribution < 1.29 is 34.4 Å². The standard InChI is InChI=1S/C29H42N2O7/c1-15-11-21-25(30)23(33)14-22(27(21)35)31-29(36)17(3)10-8-9-16(2)28(38-20(6)32)19(5)13-18(4)26(34)24(12-15)37-7/h8-10,13-16,18,24,26,28,33-35H,11-12,30H2,1-7H3,(H,31,36)/b9-8-,17-10+,19-13+/t15-,16+,18+,24-,26-,28-/m1/s1. The molecule has 2 bridgehead atoms. The number of carbonyl (C=O) groups is 2. The smallest absolute Gasteiger partial charge is 0.303 e. The Kier molecular flexibility index (Phi) is 11.0. The van der Waals surface area contributed by atoms with Gasteiger partial charge < -0.3 is 35.8 Å². The van der Waals surface area contributed by atoms with Crippen molar-refractivity contribution >= 4 is 23.3 Å². The van der Waals surface area contributed by atoms with Gasteiger partial charge in [-0.3, -0.25) is 9.59 Å². The molecule has 0 aromatic heterocycles. The number of aliphatic hydroxyl groups excluding tert-OH is 1. The third-order valence-corrected chi connectivity index (χ3v) is 6.95. The first-order chi connectivity index (χ1) is 17.8. The first-order valence-corrected chi connectivity index (χ1v) is 12.8. The molecular formula is C29H42N2O7. The number of aromatic hydroxyl groups is 2. The number of fused-ring (bicyclic) bond motifs is 2. The molecule has 0 spiro atoms. The number of phenols is 2. The highest BCUT2D eigenvalue weighted by Crippen LogP contribution is 2.40. The van der Waals surface area contributed by atoms with Crippen LogP contribution in [0.3, 0.4) is 0 Å². The van der Waals surface area contributed by atoms with E-state index in [-0.39, 0.29) is 47.0 Å². The van der Waals surface area contributed by atoms with Crippen molar-refractivity contribution in [2.75, 3.05) is 18.2 Å². The number of carbonyl (C=O) groups excluding carboxylic acids is 2. The van der Waals surface area contributed by atoms with E-state index in [0.717, 1.165) is 5.57 Å². The van der Waals surface area contributed by atoms with E-state index in [1.165, 1.54) is 20.1 Å². The zero-order valence-corrected chi connectivity index (χ0v) is 23.3. The van der Waals surface area contributed by atoms with Crippen molar-refractivity contribution in [1.29, 1.82) is 0 Å². The average molecular weight is 531 g/mol. The number of nitrogens with two attached hydrogens (primary N) is 1. The van der Waals surface area contributed by atoms with Crippen LogP contribution in [0.4, 0.5) is 11.4 Å². The zero-order valence-electron chi connectivity index (χ0n) is 23.3. The second-order valence-electron chi connectivity index (χ2n) is 10.3. The summed E-state index contributed by atoms with van der Waals surface area (Å²) in [6, 6.07) is 1.21. The maximum Gasteiger partial charge on any atom is 0.303 e. The molecule has 9 nitrogen and oxygen atoms in total. The second kappa shape index (κ2) is 13.5. The van der Waals surface area contributed by atoms with Gasteiger partial charge >= 0.3 is 5.97 Å². The number of amides is 1.